The maximum Gasteiger partial charge on any atom is 0.326 e. The first-order chi connectivity index (χ1) is 9.43. The monoisotopic (exact) mass is 275 g/mol. The van der Waals surface area contributed by atoms with E-state index in [0.717, 1.165) is 0 Å². The van der Waals surface area contributed by atoms with Crippen molar-refractivity contribution in [1.29, 1.82) is 0 Å². The molecule has 1 N–H and O–H groups in total. The number of nitro groups is 1. The van der Waals surface area contributed by atoms with Crippen LogP contribution in [0.25, 0.3) is 10.9 Å². The third kappa shape index (κ3) is 2.25. The highest BCUT2D eigenvalue weighted by molar-refractivity contribution is 5.98. The molecule has 0 aliphatic carbocycles. The fourth-order valence-corrected chi connectivity index (χ4v) is 1.96. The summed E-state index contributed by atoms with van der Waals surface area (Å²) in [7, 11) is 1.62. The first-order valence-corrected chi connectivity index (χ1v) is 5.91. The molecule has 1 aromatic carbocycles. The van der Waals surface area contributed by atoms with Crippen molar-refractivity contribution in [2.45, 2.75) is 13.0 Å². The van der Waals surface area contributed by atoms with Crippen molar-refractivity contribution >= 4 is 28.2 Å². The van der Waals surface area contributed by atoms with E-state index in [1.165, 1.54) is 23.2 Å². The second kappa shape index (κ2) is 5.12. The summed E-state index contributed by atoms with van der Waals surface area (Å²) in [6.07, 6.45) is 1.52. The zero-order valence-electron chi connectivity index (χ0n) is 11.0. The summed E-state index contributed by atoms with van der Waals surface area (Å²) in [6, 6.07) is 5.34. The van der Waals surface area contributed by atoms with Gasteiger partial charge in [-0.1, -0.05) is 0 Å². The molecule has 1 heterocycles. The average Bonchev–Trinajstić information content (AvgIpc) is 2.44. The van der Waals surface area contributed by atoms with Gasteiger partial charge in [-0.3, -0.25) is 15.1 Å². The summed E-state index contributed by atoms with van der Waals surface area (Å²) in [5, 5.41) is 20.5. The van der Waals surface area contributed by atoms with Gasteiger partial charge in [0, 0.05) is 19.3 Å². The lowest BCUT2D eigenvalue weighted by Crippen LogP contribution is -2.35. The number of carboxylic acid groups (broad SMARTS) is 1. The largest absolute Gasteiger partial charge is 0.480 e. The Morgan fingerprint density at radius 1 is 1.45 bits per heavy atom. The smallest absolute Gasteiger partial charge is 0.326 e. The van der Waals surface area contributed by atoms with Crippen LogP contribution in [0.3, 0.4) is 0 Å². The molecule has 0 amide bonds. The first kappa shape index (κ1) is 13.7. The molecule has 0 fully saturated rings. The number of non-ortho nitro benzene ring substituents is 1. The molecule has 104 valence electrons. The minimum atomic E-state index is -0.977. The fourth-order valence-electron chi connectivity index (χ4n) is 1.96. The summed E-state index contributed by atoms with van der Waals surface area (Å²) in [5.74, 6) is -0.977. The minimum Gasteiger partial charge on any atom is -0.480 e. The van der Waals surface area contributed by atoms with Crippen molar-refractivity contribution < 1.29 is 14.8 Å². The number of nitrogens with zero attached hydrogens (tertiary/aromatic N) is 3. The van der Waals surface area contributed by atoms with Crippen LogP contribution in [0.4, 0.5) is 11.4 Å². The van der Waals surface area contributed by atoms with Crippen LogP contribution in [-0.4, -0.2) is 34.1 Å². The number of rotatable bonds is 4. The Morgan fingerprint density at radius 2 is 2.15 bits per heavy atom. The molecule has 20 heavy (non-hydrogen) atoms. The molecule has 0 saturated carbocycles. The Bertz CT molecular complexity index is 686. The molecular formula is C13H13N3O4. The van der Waals surface area contributed by atoms with Gasteiger partial charge >= 0.3 is 5.97 Å². The van der Waals surface area contributed by atoms with E-state index in [-0.39, 0.29) is 5.69 Å². The lowest BCUT2D eigenvalue weighted by atomic mass is 10.1. The van der Waals surface area contributed by atoms with Crippen molar-refractivity contribution in [2.24, 2.45) is 0 Å². The molecule has 0 spiro atoms. The van der Waals surface area contributed by atoms with Gasteiger partial charge in [0.1, 0.15) is 11.6 Å². The Kier molecular flexibility index (Phi) is 3.51. The molecule has 1 atom stereocenters. The topological polar surface area (TPSA) is 96.6 Å². The number of hydrogen-bond acceptors (Lipinski definition) is 5. The number of carbonyl (C=O) groups is 1. The molecule has 1 aromatic heterocycles. The normalized spacial score (nSPS) is 12.1. The quantitative estimate of drug-likeness (QED) is 0.677. The third-order valence-corrected chi connectivity index (χ3v) is 3.24. The maximum absolute atomic E-state index is 11.1. The van der Waals surface area contributed by atoms with Gasteiger partial charge in [-0.25, -0.2) is 4.79 Å². The number of hydrogen-bond donors (Lipinski definition) is 1. The molecular weight excluding hydrogens is 262 g/mol. The van der Waals surface area contributed by atoms with Crippen LogP contribution in [0.1, 0.15) is 6.92 Å². The number of carboxylic acids is 1. The summed E-state index contributed by atoms with van der Waals surface area (Å²) in [6.45, 7) is 1.54. The lowest BCUT2D eigenvalue weighted by molar-refractivity contribution is -0.383. The Labute approximate surface area is 114 Å². The summed E-state index contributed by atoms with van der Waals surface area (Å²) in [4.78, 5) is 27.3. The van der Waals surface area contributed by atoms with E-state index in [1.807, 2.05) is 0 Å². The Balaban J connectivity index is 2.65. The Morgan fingerprint density at radius 3 is 2.75 bits per heavy atom. The van der Waals surface area contributed by atoms with E-state index in [9.17, 15) is 14.9 Å². The molecule has 7 nitrogen and oxygen atoms in total. The fraction of sp³-hybridized carbons (Fsp3) is 0.231. The predicted octanol–water partition coefficient (Wildman–Crippen LogP) is 2.05. The third-order valence-electron chi connectivity index (χ3n) is 3.24. The van der Waals surface area contributed by atoms with E-state index in [1.54, 1.807) is 26.1 Å². The van der Waals surface area contributed by atoms with Crippen LogP contribution in [0.15, 0.2) is 30.5 Å². The molecule has 0 aliphatic rings. The van der Waals surface area contributed by atoms with E-state index in [0.29, 0.717) is 16.6 Å². The highest BCUT2D eigenvalue weighted by Crippen LogP contribution is 2.32. The summed E-state index contributed by atoms with van der Waals surface area (Å²) >= 11 is 0. The number of aromatic nitrogens is 1. The highest BCUT2D eigenvalue weighted by atomic mass is 16.6. The molecule has 0 radical (unpaired) electrons. The predicted molar refractivity (Wildman–Crippen MR) is 73.9 cm³/mol. The van der Waals surface area contributed by atoms with Gasteiger partial charge in [-0.05, 0) is 25.1 Å². The number of nitro benzene ring substituents is 1. The zero-order valence-corrected chi connectivity index (χ0v) is 11.0. The molecule has 7 heteroatoms. The van der Waals surface area contributed by atoms with Crippen molar-refractivity contribution in [3.8, 4) is 0 Å². The number of pyridine rings is 1. The molecule has 2 aromatic rings. The highest BCUT2D eigenvalue weighted by Gasteiger charge is 2.22. The van der Waals surface area contributed by atoms with Gasteiger partial charge in [-0.15, -0.1) is 0 Å². The number of likely N-dealkylation sites (N-methyl/N-ethyl adjacent to an activating group) is 1. The van der Waals surface area contributed by atoms with E-state index in [2.05, 4.69) is 4.98 Å². The van der Waals surface area contributed by atoms with Crippen molar-refractivity contribution in [1.82, 2.24) is 4.98 Å². The van der Waals surface area contributed by atoms with E-state index in [4.69, 9.17) is 5.11 Å². The van der Waals surface area contributed by atoms with E-state index < -0.39 is 16.9 Å². The average molecular weight is 275 g/mol. The van der Waals surface area contributed by atoms with Gasteiger partial charge in [0.05, 0.1) is 16.0 Å². The molecule has 1 unspecified atom stereocenters. The molecule has 0 saturated heterocycles. The van der Waals surface area contributed by atoms with Gasteiger partial charge < -0.3 is 10.0 Å². The van der Waals surface area contributed by atoms with Gasteiger partial charge in [0.15, 0.2) is 0 Å². The SMILES string of the molecule is CC(C(=O)O)N(C)c1ccc([N+](=O)[O-])c2cccnc12. The van der Waals surface area contributed by atoms with Gasteiger partial charge in [0.25, 0.3) is 5.69 Å². The zero-order chi connectivity index (χ0) is 14.9. The van der Waals surface area contributed by atoms with Crippen molar-refractivity contribution in [3.63, 3.8) is 0 Å². The van der Waals surface area contributed by atoms with Crippen LogP contribution in [-0.2, 0) is 4.79 Å². The maximum atomic E-state index is 11.1. The summed E-state index contributed by atoms with van der Waals surface area (Å²) in [5.41, 5.74) is 0.909. The van der Waals surface area contributed by atoms with Crippen LogP contribution in [0.5, 0.6) is 0 Å². The van der Waals surface area contributed by atoms with Crippen molar-refractivity contribution in [2.75, 3.05) is 11.9 Å². The van der Waals surface area contributed by atoms with E-state index >= 15 is 0 Å². The molecule has 2 rings (SSSR count). The minimum absolute atomic E-state index is 0.0479. The standard InChI is InChI=1S/C13H13N3O4/c1-8(13(17)18)15(2)11-6-5-10(16(19)20)9-4-3-7-14-12(9)11/h3-8H,1-2H3,(H,17,18). The summed E-state index contributed by atoms with van der Waals surface area (Å²) < 4.78 is 0. The second-order valence-corrected chi connectivity index (χ2v) is 4.39. The number of anilines is 1. The number of benzene rings is 1. The second-order valence-electron chi connectivity index (χ2n) is 4.39. The van der Waals surface area contributed by atoms with Crippen molar-refractivity contribution in [3.05, 3.63) is 40.6 Å². The lowest BCUT2D eigenvalue weighted by Gasteiger charge is -2.24. The Hall–Kier alpha value is -2.70. The van der Waals surface area contributed by atoms with Crippen LogP contribution in [0, 0.1) is 10.1 Å². The van der Waals surface area contributed by atoms with Crippen LogP contribution >= 0.6 is 0 Å². The first-order valence-electron chi connectivity index (χ1n) is 5.91. The van der Waals surface area contributed by atoms with Gasteiger partial charge in [-0.2, -0.15) is 0 Å². The molecule has 0 bridgehead atoms. The van der Waals surface area contributed by atoms with Crippen LogP contribution in [0.2, 0.25) is 0 Å². The number of aliphatic carboxylic acids is 1. The van der Waals surface area contributed by atoms with Crippen LogP contribution < -0.4 is 4.90 Å². The molecule has 0 aliphatic heterocycles. The van der Waals surface area contributed by atoms with Gasteiger partial charge in [0.2, 0.25) is 0 Å². The number of fused-ring (bicyclic) bond motifs is 1.